The molecule has 0 bridgehead atoms. The van der Waals surface area contributed by atoms with Crippen molar-refractivity contribution >= 4 is 0 Å². The van der Waals surface area contributed by atoms with Gasteiger partial charge in [-0.3, -0.25) is 5.10 Å². The number of halogens is 1. The average Bonchev–Trinajstić information content (AvgIpc) is 3.23. The van der Waals surface area contributed by atoms with E-state index in [9.17, 15) is 9.65 Å². The Kier molecular flexibility index (Phi) is 4.49. The molecular weight excluding hydrogens is 391 g/mol. The van der Waals surface area contributed by atoms with Gasteiger partial charge in [-0.25, -0.2) is 4.39 Å². The van der Waals surface area contributed by atoms with Gasteiger partial charge in [0, 0.05) is 11.1 Å². The summed E-state index contributed by atoms with van der Waals surface area (Å²) in [7, 11) is 0. The summed E-state index contributed by atoms with van der Waals surface area (Å²) in [6, 6.07) is 26.4. The van der Waals surface area contributed by atoms with Gasteiger partial charge in [0.25, 0.3) is 0 Å². The predicted octanol–water partition coefficient (Wildman–Crippen LogP) is 5.10. The molecule has 1 aliphatic rings. The first-order valence-corrected chi connectivity index (χ1v) is 9.73. The Bertz CT molecular complexity index is 1330. The Labute approximate surface area is 178 Å². The number of benzene rings is 3. The summed E-state index contributed by atoms with van der Waals surface area (Å²) in [5.74, 6) is -0.974. The Balaban J connectivity index is 1.64. The highest BCUT2D eigenvalue weighted by Gasteiger charge is 2.36. The Morgan fingerprint density at radius 1 is 0.903 bits per heavy atom. The first-order valence-electron chi connectivity index (χ1n) is 9.73. The molecule has 31 heavy (non-hydrogen) atoms. The van der Waals surface area contributed by atoms with Gasteiger partial charge < -0.3 is 10.5 Å². The predicted molar refractivity (Wildman–Crippen MR) is 115 cm³/mol. The number of nitrogens with zero attached hydrogens (tertiary/aromatic N) is 2. The van der Waals surface area contributed by atoms with Crippen LogP contribution in [0.15, 0.2) is 90.3 Å². The number of nitrogens with one attached hydrogen (secondary N) is 1. The van der Waals surface area contributed by atoms with Crippen LogP contribution in [0.3, 0.4) is 0 Å². The summed E-state index contributed by atoms with van der Waals surface area (Å²) in [5.41, 5.74) is 10.7. The molecule has 0 aliphatic carbocycles. The topological polar surface area (TPSA) is 87.7 Å². The number of nitriles is 1. The minimum atomic E-state index is -0.725. The fourth-order valence-electron chi connectivity index (χ4n) is 3.95. The van der Waals surface area contributed by atoms with Crippen molar-refractivity contribution in [3.8, 4) is 34.3 Å². The number of rotatable bonds is 3. The third-order valence-corrected chi connectivity index (χ3v) is 5.44. The fraction of sp³-hybridized carbons (Fsp3) is 0.0400. The number of fused-ring (bicyclic) bond motifs is 1. The summed E-state index contributed by atoms with van der Waals surface area (Å²) in [5, 5.41) is 17.0. The van der Waals surface area contributed by atoms with Gasteiger partial charge in [-0.2, -0.15) is 5.26 Å². The van der Waals surface area contributed by atoms with Crippen LogP contribution in [0.1, 0.15) is 17.0 Å². The number of hydrogen-bond donors (Lipinski definition) is 2. The number of aromatic amines is 1. The molecule has 1 unspecified atom stereocenters. The maximum atomic E-state index is 14.7. The van der Waals surface area contributed by atoms with Crippen molar-refractivity contribution in [2.45, 2.75) is 5.92 Å². The van der Waals surface area contributed by atoms with Crippen LogP contribution in [0.25, 0.3) is 22.4 Å². The minimum absolute atomic E-state index is 0.0688. The van der Waals surface area contributed by atoms with Crippen molar-refractivity contribution in [1.29, 1.82) is 5.26 Å². The highest BCUT2D eigenvalue weighted by atomic mass is 19.1. The lowest BCUT2D eigenvalue weighted by atomic mass is 9.82. The summed E-state index contributed by atoms with van der Waals surface area (Å²) >= 11 is 0. The van der Waals surface area contributed by atoms with Crippen molar-refractivity contribution in [3.63, 3.8) is 0 Å². The largest absolute Gasteiger partial charge is 0.420 e. The number of H-pyrrole nitrogens is 1. The quantitative estimate of drug-likeness (QED) is 0.494. The molecule has 5 nitrogen and oxygen atoms in total. The molecule has 1 atom stereocenters. The lowest BCUT2D eigenvalue weighted by molar-refractivity contribution is 0.378. The van der Waals surface area contributed by atoms with Gasteiger partial charge in [0.05, 0.1) is 17.2 Å². The normalized spacial score (nSPS) is 15.2. The van der Waals surface area contributed by atoms with Gasteiger partial charge in [0.1, 0.15) is 17.5 Å². The lowest BCUT2D eigenvalue weighted by Crippen LogP contribution is -2.21. The highest BCUT2D eigenvalue weighted by molar-refractivity contribution is 5.74. The highest BCUT2D eigenvalue weighted by Crippen LogP contribution is 2.46. The Morgan fingerprint density at radius 3 is 2.26 bits per heavy atom. The molecule has 150 valence electrons. The molecule has 3 aromatic carbocycles. The van der Waals surface area contributed by atoms with E-state index in [1.807, 2.05) is 54.6 Å². The molecule has 2 heterocycles. The summed E-state index contributed by atoms with van der Waals surface area (Å²) in [6.07, 6.45) is 0. The van der Waals surface area contributed by atoms with Crippen LogP contribution in [0, 0.1) is 17.1 Å². The molecule has 1 aromatic heterocycles. The van der Waals surface area contributed by atoms with Crippen LogP contribution < -0.4 is 10.5 Å². The number of hydrogen-bond acceptors (Lipinski definition) is 4. The molecule has 3 N–H and O–H groups in total. The van der Waals surface area contributed by atoms with Crippen LogP contribution in [-0.2, 0) is 0 Å². The first kappa shape index (κ1) is 18.6. The van der Waals surface area contributed by atoms with Crippen LogP contribution in [-0.4, -0.2) is 10.2 Å². The zero-order chi connectivity index (χ0) is 21.4. The van der Waals surface area contributed by atoms with Gasteiger partial charge in [0.2, 0.25) is 11.8 Å². The molecule has 0 saturated heterocycles. The number of nitrogens with two attached hydrogens (primary N) is 1. The Morgan fingerprint density at radius 2 is 1.55 bits per heavy atom. The molecular formula is C25H17FN4O. The third-order valence-electron chi connectivity index (χ3n) is 5.44. The second-order valence-corrected chi connectivity index (χ2v) is 7.21. The van der Waals surface area contributed by atoms with E-state index in [2.05, 4.69) is 16.3 Å². The van der Waals surface area contributed by atoms with E-state index in [4.69, 9.17) is 10.5 Å². The van der Waals surface area contributed by atoms with Gasteiger partial charge in [0.15, 0.2) is 0 Å². The van der Waals surface area contributed by atoms with E-state index in [-0.39, 0.29) is 17.3 Å². The molecule has 5 rings (SSSR count). The van der Waals surface area contributed by atoms with Crippen LogP contribution in [0.4, 0.5) is 4.39 Å². The van der Waals surface area contributed by atoms with E-state index < -0.39 is 11.7 Å². The molecule has 6 heteroatoms. The molecule has 0 radical (unpaired) electrons. The van der Waals surface area contributed by atoms with Crippen molar-refractivity contribution in [2.24, 2.45) is 5.73 Å². The lowest BCUT2D eigenvalue weighted by Gasteiger charge is -2.24. The van der Waals surface area contributed by atoms with Crippen molar-refractivity contribution < 1.29 is 9.13 Å². The Hall–Kier alpha value is -4.37. The van der Waals surface area contributed by atoms with Crippen molar-refractivity contribution in [1.82, 2.24) is 10.2 Å². The van der Waals surface area contributed by atoms with E-state index >= 15 is 0 Å². The zero-order valence-electron chi connectivity index (χ0n) is 16.3. The van der Waals surface area contributed by atoms with E-state index in [0.29, 0.717) is 16.8 Å². The van der Waals surface area contributed by atoms with Gasteiger partial charge in [-0.1, -0.05) is 72.8 Å². The molecule has 1 aliphatic heterocycles. The molecule has 0 fully saturated rings. The van der Waals surface area contributed by atoms with Crippen molar-refractivity contribution in [2.75, 3.05) is 0 Å². The van der Waals surface area contributed by atoms with Gasteiger partial charge in [-0.15, -0.1) is 5.10 Å². The molecule has 4 aromatic rings. The second kappa shape index (κ2) is 7.47. The maximum absolute atomic E-state index is 14.7. The van der Waals surface area contributed by atoms with Crippen LogP contribution >= 0.6 is 0 Å². The van der Waals surface area contributed by atoms with Gasteiger partial charge >= 0.3 is 0 Å². The van der Waals surface area contributed by atoms with E-state index in [0.717, 1.165) is 16.7 Å². The first-order chi connectivity index (χ1) is 15.2. The maximum Gasteiger partial charge on any atom is 0.244 e. The fourth-order valence-corrected chi connectivity index (χ4v) is 3.95. The van der Waals surface area contributed by atoms with Crippen LogP contribution in [0.5, 0.6) is 5.88 Å². The monoisotopic (exact) mass is 408 g/mol. The third kappa shape index (κ3) is 3.13. The zero-order valence-corrected chi connectivity index (χ0v) is 16.3. The summed E-state index contributed by atoms with van der Waals surface area (Å²) in [4.78, 5) is 0. The standard InChI is InChI=1S/C25H17FN4O/c26-20-9-5-4-8-18(20)21-19(14-27)24(28)31-25-22(21)23(29-30-25)17-12-10-16(11-13-17)15-6-2-1-3-7-15/h1-13,21H,28H2,(H,29,30). The second-order valence-electron chi connectivity index (χ2n) is 7.21. The molecule has 0 saturated carbocycles. The minimum Gasteiger partial charge on any atom is -0.420 e. The number of ether oxygens (including phenoxy) is 1. The van der Waals surface area contributed by atoms with Gasteiger partial charge in [-0.05, 0) is 17.2 Å². The smallest absolute Gasteiger partial charge is 0.244 e. The number of aromatic nitrogens is 2. The molecule has 0 spiro atoms. The number of allylic oxidation sites excluding steroid dienone is 1. The van der Waals surface area contributed by atoms with E-state index in [1.165, 1.54) is 6.07 Å². The van der Waals surface area contributed by atoms with E-state index in [1.54, 1.807) is 18.2 Å². The van der Waals surface area contributed by atoms with Crippen molar-refractivity contribution in [3.05, 3.63) is 107 Å². The average molecular weight is 408 g/mol. The van der Waals surface area contributed by atoms with Crippen LogP contribution in [0.2, 0.25) is 0 Å². The summed E-state index contributed by atoms with van der Waals surface area (Å²) < 4.78 is 20.3. The molecule has 0 amide bonds. The SMILES string of the molecule is N#CC1=C(N)Oc2n[nH]c(-c3ccc(-c4ccccc4)cc3)c2C1c1ccccc1F. The summed E-state index contributed by atoms with van der Waals surface area (Å²) in [6.45, 7) is 0.